The molecule has 0 aliphatic carbocycles. The average molecular weight is 234 g/mol. The highest BCUT2D eigenvalue weighted by molar-refractivity contribution is 7.99. The number of benzene rings is 1. The molecule has 1 aromatic carbocycles. The monoisotopic (exact) mass is 234 g/mol. The third-order valence-electron chi connectivity index (χ3n) is 1.77. The van der Waals surface area contributed by atoms with Crippen molar-refractivity contribution >= 4 is 17.5 Å². The molecule has 1 aromatic rings. The van der Waals surface area contributed by atoms with Crippen LogP contribution in [0.1, 0.15) is 17.3 Å². The van der Waals surface area contributed by atoms with Crippen LogP contribution in [0.5, 0.6) is 0 Å². The fourth-order valence-electron chi connectivity index (χ4n) is 1.01. The number of thioether (sulfide) groups is 1. The quantitative estimate of drug-likeness (QED) is 0.588. The van der Waals surface area contributed by atoms with Crippen LogP contribution < -0.4 is 0 Å². The van der Waals surface area contributed by atoms with E-state index in [1.165, 1.54) is 11.8 Å². The van der Waals surface area contributed by atoms with E-state index in [0.29, 0.717) is 5.75 Å². The van der Waals surface area contributed by atoms with E-state index < -0.39 is 28.8 Å². The molecule has 0 fully saturated rings. The number of carbonyl (C=O) groups is 1. The minimum Gasteiger partial charge on any atom is -0.293 e. The van der Waals surface area contributed by atoms with Gasteiger partial charge in [0.15, 0.2) is 23.2 Å². The van der Waals surface area contributed by atoms with Gasteiger partial charge in [0.05, 0.1) is 11.3 Å². The first-order chi connectivity index (χ1) is 7.07. The minimum atomic E-state index is -1.60. The second kappa shape index (κ2) is 5.21. The lowest BCUT2D eigenvalue weighted by Gasteiger charge is -2.03. The van der Waals surface area contributed by atoms with Crippen molar-refractivity contribution in [1.82, 2.24) is 0 Å². The molecule has 0 unspecified atom stereocenters. The molecule has 5 heteroatoms. The van der Waals surface area contributed by atoms with Crippen molar-refractivity contribution in [3.05, 3.63) is 35.1 Å². The van der Waals surface area contributed by atoms with Crippen molar-refractivity contribution in [2.24, 2.45) is 0 Å². The molecule has 0 saturated heterocycles. The third-order valence-corrected chi connectivity index (χ3v) is 2.65. The Labute approximate surface area is 89.7 Å². The van der Waals surface area contributed by atoms with E-state index in [1.807, 2.05) is 6.92 Å². The molecule has 1 nitrogen and oxygen atoms in total. The maximum absolute atomic E-state index is 13.1. The molecule has 1 rings (SSSR count). The summed E-state index contributed by atoms with van der Waals surface area (Å²) in [6.07, 6.45) is 0. The number of hydrogen-bond donors (Lipinski definition) is 0. The molecule has 0 bridgehead atoms. The summed E-state index contributed by atoms with van der Waals surface area (Å²) in [6.45, 7) is 1.85. The molecule has 0 spiro atoms. The zero-order chi connectivity index (χ0) is 11.4. The molecule has 0 aromatic heterocycles. The SMILES string of the molecule is CCSCC(=O)c1ccc(F)c(F)c1F. The van der Waals surface area contributed by atoms with E-state index in [0.717, 1.165) is 12.1 Å². The standard InChI is InChI=1S/C10H9F3OS/c1-2-15-5-8(14)6-3-4-7(11)10(13)9(6)12/h3-4H,2,5H2,1H3. The smallest absolute Gasteiger partial charge is 0.195 e. The zero-order valence-corrected chi connectivity index (χ0v) is 8.84. The minimum absolute atomic E-state index is 0.0679. The van der Waals surface area contributed by atoms with Crippen molar-refractivity contribution in [2.45, 2.75) is 6.92 Å². The van der Waals surface area contributed by atoms with Crippen molar-refractivity contribution in [3.63, 3.8) is 0 Å². The molecule has 0 saturated carbocycles. The van der Waals surface area contributed by atoms with Gasteiger partial charge in [-0.15, -0.1) is 0 Å². The Bertz CT molecular complexity index is 379. The van der Waals surface area contributed by atoms with Gasteiger partial charge in [-0.05, 0) is 17.9 Å². The number of ketones is 1. The second-order valence-electron chi connectivity index (χ2n) is 2.78. The number of Topliss-reactive ketones (excluding diaryl/α,β-unsaturated/α-hetero) is 1. The Kier molecular flexibility index (Phi) is 4.20. The predicted octanol–water partition coefficient (Wildman–Crippen LogP) is 3.04. The first-order valence-corrected chi connectivity index (χ1v) is 5.47. The van der Waals surface area contributed by atoms with Crippen molar-refractivity contribution in [3.8, 4) is 0 Å². The third kappa shape index (κ3) is 2.75. The molecule has 0 aliphatic rings. The highest BCUT2D eigenvalue weighted by atomic mass is 32.2. The number of hydrogen-bond acceptors (Lipinski definition) is 2. The number of halogens is 3. The number of rotatable bonds is 4. The molecular weight excluding hydrogens is 225 g/mol. The van der Waals surface area contributed by atoms with Gasteiger partial charge in [-0.1, -0.05) is 6.92 Å². The summed E-state index contributed by atoms with van der Waals surface area (Å²) >= 11 is 1.30. The van der Waals surface area contributed by atoms with Gasteiger partial charge in [-0.3, -0.25) is 4.79 Å². The van der Waals surface area contributed by atoms with E-state index in [9.17, 15) is 18.0 Å². The lowest BCUT2D eigenvalue weighted by molar-refractivity contribution is 0.101. The largest absolute Gasteiger partial charge is 0.293 e. The van der Waals surface area contributed by atoms with Gasteiger partial charge >= 0.3 is 0 Å². The predicted molar refractivity (Wildman–Crippen MR) is 53.6 cm³/mol. The van der Waals surface area contributed by atoms with Crippen LogP contribution in [0.15, 0.2) is 12.1 Å². The van der Waals surface area contributed by atoms with Crippen LogP contribution >= 0.6 is 11.8 Å². The van der Waals surface area contributed by atoms with Gasteiger partial charge in [0.2, 0.25) is 0 Å². The first kappa shape index (κ1) is 12.1. The Hall–Kier alpha value is -0.970. The average Bonchev–Trinajstić information content (AvgIpc) is 2.23. The van der Waals surface area contributed by atoms with E-state index >= 15 is 0 Å². The summed E-state index contributed by atoms with van der Waals surface area (Å²) in [6, 6.07) is 1.72. The maximum atomic E-state index is 13.1. The lowest BCUT2D eigenvalue weighted by Crippen LogP contribution is -2.08. The molecular formula is C10H9F3OS. The van der Waals surface area contributed by atoms with Gasteiger partial charge in [0.25, 0.3) is 0 Å². The van der Waals surface area contributed by atoms with Gasteiger partial charge in [-0.25, -0.2) is 13.2 Å². The summed E-state index contributed by atoms with van der Waals surface area (Å²) in [4.78, 5) is 11.3. The molecule has 0 atom stereocenters. The highest BCUT2D eigenvalue weighted by Gasteiger charge is 2.18. The topological polar surface area (TPSA) is 17.1 Å². The Morgan fingerprint density at radius 1 is 1.27 bits per heavy atom. The van der Waals surface area contributed by atoms with Gasteiger partial charge in [-0.2, -0.15) is 11.8 Å². The fourth-order valence-corrected chi connectivity index (χ4v) is 1.56. The normalized spacial score (nSPS) is 10.4. The summed E-state index contributed by atoms with van der Waals surface area (Å²) < 4.78 is 38.4. The van der Waals surface area contributed by atoms with Crippen LogP contribution in [0, 0.1) is 17.5 Å². The molecule has 0 radical (unpaired) electrons. The van der Waals surface area contributed by atoms with Gasteiger partial charge in [0, 0.05) is 0 Å². The van der Waals surface area contributed by atoms with Crippen LogP contribution in [0.25, 0.3) is 0 Å². The molecule has 82 valence electrons. The van der Waals surface area contributed by atoms with E-state index in [4.69, 9.17) is 0 Å². The highest BCUT2D eigenvalue weighted by Crippen LogP contribution is 2.17. The van der Waals surface area contributed by atoms with Gasteiger partial charge < -0.3 is 0 Å². The second-order valence-corrected chi connectivity index (χ2v) is 4.06. The molecule has 15 heavy (non-hydrogen) atoms. The first-order valence-electron chi connectivity index (χ1n) is 4.32. The van der Waals surface area contributed by atoms with Crippen LogP contribution in [0.4, 0.5) is 13.2 Å². The van der Waals surface area contributed by atoms with Crippen LogP contribution in [0.2, 0.25) is 0 Å². The summed E-state index contributed by atoms with van der Waals surface area (Å²) in [5.41, 5.74) is -0.394. The fraction of sp³-hybridized carbons (Fsp3) is 0.300. The zero-order valence-electron chi connectivity index (χ0n) is 8.02. The Balaban J connectivity index is 2.95. The number of carbonyl (C=O) groups excluding carboxylic acids is 1. The van der Waals surface area contributed by atoms with Crippen LogP contribution in [-0.4, -0.2) is 17.3 Å². The maximum Gasteiger partial charge on any atom is 0.195 e. The van der Waals surface area contributed by atoms with E-state index in [1.54, 1.807) is 0 Å². The lowest BCUT2D eigenvalue weighted by atomic mass is 10.1. The van der Waals surface area contributed by atoms with Crippen molar-refractivity contribution < 1.29 is 18.0 Å². The summed E-state index contributed by atoms with van der Waals surface area (Å²) in [5.74, 6) is -4.04. The molecule has 0 amide bonds. The van der Waals surface area contributed by atoms with Crippen molar-refractivity contribution in [1.29, 1.82) is 0 Å². The Morgan fingerprint density at radius 3 is 2.53 bits per heavy atom. The van der Waals surface area contributed by atoms with E-state index in [-0.39, 0.29) is 5.75 Å². The summed E-state index contributed by atoms with van der Waals surface area (Å²) in [7, 11) is 0. The van der Waals surface area contributed by atoms with E-state index in [2.05, 4.69) is 0 Å². The van der Waals surface area contributed by atoms with Gasteiger partial charge in [0.1, 0.15) is 0 Å². The molecule has 0 N–H and O–H groups in total. The molecule has 0 heterocycles. The van der Waals surface area contributed by atoms with Crippen LogP contribution in [0.3, 0.4) is 0 Å². The van der Waals surface area contributed by atoms with Crippen LogP contribution in [-0.2, 0) is 0 Å². The Morgan fingerprint density at radius 2 is 1.93 bits per heavy atom. The summed E-state index contributed by atoms with van der Waals surface area (Å²) in [5, 5.41) is 0. The van der Waals surface area contributed by atoms with Crippen molar-refractivity contribution in [2.75, 3.05) is 11.5 Å². The molecule has 0 aliphatic heterocycles.